The van der Waals surface area contributed by atoms with Gasteiger partial charge in [-0.25, -0.2) is 0 Å². The summed E-state index contributed by atoms with van der Waals surface area (Å²) in [6.45, 7) is 3.07. The molecule has 1 saturated heterocycles. The molecule has 0 spiro atoms. The number of nitrogens with two attached hydrogens (primary N) is 6. The zero-order chi connectivity index (χ0) is 86.6. The van der Waals surface area contributed by atoms with E-state index in [0.29, 0.717) is 27.8 Å². The fourth-order valence-corrected chi connectivity index (χ4v) is 13.2. The Morgan fingerprint density at radius 3 is 1.77 bits per heavy atom. The van der Waals surface area contributed by atoms with Gasteiger partial charge < -0.3 is 123 Å². The average molecular weight is 1660 g/mol. The second kappa shape index (κ2) is 47.6. The molecule has 0 aliphatic carbocycles. The summed E-state index contributed by atoms with van der Waals surface area (Å²) in [6, 6.07) is 5.36. The van der Waals surface area contributed by atoms with Crippen molar-refractivity contribution in [2.75, 3.05) is 52.0 Å². The monoisotopic (exact) mass is 1650 g/mol. The number of carbonyl (C=O) groups is 17. The minimum atomic E-state index is -2.10. The summed E-state index contributed by atoms with van der Waals surface area (Å²) in [6.07, 6.45) is -7.50. The van der Waals surface area contributed by atoms with Crippen molar-refractivity contribution < 1.29 is 106 Å². The molecule has 0 bridgehead atoms. The molecule has 1 fully saturated rings. The number of hydrogen-bond acceptors (Lipinski definition) is 24. The summed E-state index contributed by atoms with van der Waals surface area (Å²) >= 11 is 0.901. The molecule has 117 heavy (non-hydrogen) atoms. The van der Waals surface area contributed by atoms with Gasteiger partial charge in [0, 0.05) is 57.7 Å². The zero-order valence-electron chi connectivity index (χ0n) is 65.5. The van der Waals surface area contributed by atoms with Crippen molar-refractivity contribution >= 4 is 123 Å². The van der Waals surface area contributed by atoms with Crippen LogP contribution in [0.25, 0.3) is 10.8 Å². The van der Waals surface area contributed by atoms with Crippen molar-refractivity contribution in [1.29, 1.82) is 0 Å². The molecule has 638 valence electrons. The van der Waals surface area contributed by atoms with Crippen LogP contribution < -0.4 is 112 Å². The maximum absolute atomic E-state index is 15.7. The van der Waals surface area contributed by atoms with Crippen molar-refractivity contribution in [1.82, 2.24) is 63.8 Å². The van der Waals surface area contributed by atoms with E-state index in [0.717, 1.165) is 31.0 Å². The minimum Gasteiger partial charge on any atom is -0.493 e. The molecule has 40 nitrogen and oxygen atoms in total. The summed E-state index contributed by atoms with van der Waals surface area (Å²) < 4.78 is 16.6. The fourth-order valence-electron chi connectivity index (χ4n) is 12.1. The lowest BCUT2D eigenvalue weighted by atomic mass is 9.91. The van der Waals surface area contributed by atoms with E-state index in [1.54, 1.807) is 60.7 Å². The standard InChI is InChI=1S/C76H106N18O22S/c1-40(95)64-74(112)90-53(35-44-15-22-57(114-4)58(36-44)115-5)70(108)86-48(19-23-59(79)97)66(104)91-56(39-117-31-26-51(84-41(2)96)68(106)85-49(69(107)93-64)20-24-60(80)98)72(110)87-52(33-42-13-17-47(18-14-42)116-30-29-78)71(109)88-54(34-43-12-16-45-10-6-7-11-46(45)32-43)73(111)94-76(3,27-8-9-28-77)75(113)92-50(21-25-63(101)102)67(105)89-55(37-61(81)99)65(103)83-38-62(82)100/h6-7,10-18,22,32,36,40,48-56,64,95H,8-9,19-21,23-31,33-35,37-39,77-78H2,1-5H3,(H2,79,97)(H2,80,98)(H2,81,99)(H2,82,100)(H,83,103)(H,84,96)(H,85,106)(H,86,108)(H,87,110)(H,88,109)(H,89,105)(H,90,112)(H,91,104)(H,92,113)(H,93,107)(H,94,111)(H,101,102)/t40-,48+,49+,50+,51+,52+,53+,54+,55+,56+,64+,76+/m1/s1. The van der Waals surface area contributed by atoms with Crippen LogP contribution in [0.4, 0.5) is 0 Å². The van der Waals surface area contributed by atoms with Crippen LogP contribution in [-0.4, -0.2) is 235 Å². The van der Waals surface area contributed by atoms with E-state index in [1.165, 1.54) is 39.3 Å². The third kappa shape index (κ3) is 32.2. The number of hydrogen-bond donors (Lipinski definition) is 20. The van der Waals surface area contributed by atoms with Gasteiger partial charge in [0.2, 0.25) is 94.5 Å². The third-order valence-corrected chi connectivity index (χ3v) is 19.5. The van der Waals surface area contributed by atoms with Crippen molar-refractivity contribution in [3.8, 4) is 17.2 Å². The Bertz CT molecular complexity index is 4210. The first-order valence-corrected chi connectivity index (χ1v) is 38.6. The van der Waals surface area contributed by atoms with Crippen LogP contribution in [0.15, 0.2) is 84.9 Å². The molecule has 1 aliphatic heterocycles. The molecule has 0 radical (unpaired) electrons. The van der Waals surface area contributed by atoms with Gasteiger partial charge in [0.05, 0.1) is 33.3 Å². The predicted molar refractivity (Wildman–Crippen MR) is 423 cm³/mol. The van der Waals surface area contributed by atoms with Gasteiger partial charge in [0.15, 0.2) is 11.5 Å². The van der Waals surface area contributed by atoms with E-state index >= 15 is 19.2 Å². The first-order valence-electron chi connectivity index (χ1n) is 37.5. The molecular formula is C76H106N18O22S. The number of rotatable bonds is 41. The molecule has 0 aromatic heterocycles. The Balaban J connectivity index is 1.68. The number of carboxylic acid groups (broad SMARTS) is 1. The number of unbranched alkanes of at least 4 members (excludes halogenated alkanes) is 1. The topological polar surface area (TPSA) is 659 Å². The molecule has 1 aliphatic rings. The molecule has 0 saturated carbocycles. The Morgan fingerprint density at radius 2 is 1.17 bits per heavy atom. The lowest BCUT2D eigenvalue weighted by Gasteiger charge is -2.34. The Kier molecular flexibility index (Phi) is 38.8. The summed E-state index contributed by atoms with van der Waals surface area (Å²) in [4.78, 5) is 236. The highest BCUT2D eigenvalue weighted by Gasteiger charge is 2.42. The minimum absolute atomic E-state index is 0.0833. The normalized spacial score (nSPS) is 18.8. The summed E-state index contributed by atoms with van der Waals surface area (Å²) in [5.74, 6) is -18.3. The molecule has 4 aromatic rings. The second-order valence-electron chi connectivity index (χ2n) is 27.9. The van der Waals surface area contributed by atoms with Gasteiger partial charge >= 0.3 is 5.97 Å². The highest BCUT2D eigenvalue weighted by molar-refractivity contribution is 7.99. The molecule has 1 heterocycles. The number of carbonyl (C=O) groups excluding carboxylic acids is 16. The van der Waals surface area contributed by atoms with E-state index in [4.69, 9.17) is 48.6 Å². The van der Waals surface area contributed by atoms with Crippen molar-refractivity contribution in [2.24, 2.45) is 34.4 Å². The lowest BCUT2D eigenvalue weighted by Crippen LogP contribution is -2.64. The molecule has 41 heteroatoms. The summed E-state index contributed by atoms with van der Waals surface area (Å²) in [5, 5.41) is 52.3. The quantitative estimate of drug-likeness (QED) is 0.0184. The third-order valence-electron chi connectivity index (χ3n) is 18.4. The first kappa shape index (κ1) is 95.3. The van der Waals surface area contributed by atoms with Gasteiger partial charge in [-0.15, -0.1) is 0 Å². The molecular weight excluding hydrogens is 1550 g/mol. The number of ether oxygens (including phenoxy) is 3. The number of aliphatic carboxylic acids is 1. The SMILES string of the molecule is COc1ccc(C[C@@H]2NC(=O)[C@H]([C@@H](C)O)NC(=O)[C@H](CCC(N)=O)NC(=O)[C@@H](NC(C)=O)CCSC[C@@H](C(=O)N[C@@H](Cc3ccc(OCCN)cc3)C(=O)N[C@@H](Cc3ccc4ccccc4c3)C(=O)N[C@@](C)(CCCCN)C(=O)N[C@@H](CCC(=O)O)C(=O)N[C@@H](CC(N)=O)C(=O)NCC(N)=O)NC(=O)[C@H](CCC(N)=O)NC2=O)cc1OC. The number of benzene rings is 4. The van der Waals surface area contributed by atoms with Gasteiger partial charge in [0.25, 0.3) is 0 Å². The summed E-state index contributed by atoms with van der Waals surface area (Å²) in [5.41, 5.74) is 32.3. The summed E-state index contributed by atoms with van der Waals surface area (Å²) in [7, 11) is 2.69. The van der Waals surface area contributed by atoms with Crippen LogP contribution >= 0.6 is 11.8 Å². The van der Waals surface area contributed by atoms with Crippen LogP contribution in [0.2, 0.25) is 0 Å². The molecule has 4 aromatic carbocycles. The van der Waals surface area contributed by atoms with Crippen molar-refractivity contribution in [3.05, 3.63) is 102 Å². The predicted octanol–water partition coefficient (Wildman–Crippen LogP) is -5.52. The number of methoxy groups -OCH3 is 2. The van der Waals surface area contributed by atoms with Gasteiger partial charge in [-0.2, -0.15) is 11.8 Å². The van der Waals surface area contributed by atoms with Crippen molar-refractivity contribution in [2.45, 2.75) is 183 Å². The molecule has 5 rings (SSSR count). The van der Waals surface area contributed by atoms with Crippen LogP contribution in [0.3, 0.4) is 0 Å². The van der Waals surface area contributed by atoms with Crippen LogP contribution in [-0.2, 0) is 101 Å². The van der Waals surface area contributed by atoms with Crippen LogP contribution in [0.1, 0.15) is 108 Å². The first-order chi connectivity index (χ1) is 55.5. The number of aliphatic hydroxyl groups excluding tert-OH is 1. The number of amides is 16. The number of primary amides is 4. The number of thioether (sulfide) groups is 1. The van der Waals surface area contributed by atoms with E-state index in [2.05, 4.69) is 63.8 Å². The van der Waals surface area contributed by atoms with Crippen molar-refractivity contribution in [3.63, 3.8) is 0 Å². The highest BCUT2D eigenvalue weighted by Crippen LogP contribution is 2.29. The maximum Gasteiger partial charge on any atom is 0.303 e. The highest BCUT2D eigenvalue weighted by atomic mass is 32.2. The number of nitrogens with one attached hydrogen (secondary N) is 12. The van der Waals surface area contributed by atoms with Crippen LogP contribution in [0.5, 0.6) is 17.2 Å². The largest absolute Gasteiger partial charge is 0.493 e. The second-order valence-corrected chi connectivity index (χ2v) is 29.1. The fraction of sp³-hybridized carbons (Fsp3) is 0.487. The van der Waals surface area contributed by atoms with Crippen LogP contribution in [0, 0.1) is 0 Å². The maximum atomic E-state index is 15.7. The van der Waals surface area contributed by atoms with Gasteiger partial charge in [-0.3, -0.25) is 81.5 Å². The Labute approximate surface area is 677 Å². The van der Waals surface area contributed by atoms with E-state index in [-0.39, 0.29) is 69.1 Å². The van der Waals surface area contributed by atoms with Gasteiger partial charge in [-0.05, 0) is 123 Å². The molecule has 12 atom stereocenters. The number of aliphatic hydroxyl groups is 1. The molecule has 16 amide bonds. The number of fused-ring (bicyclic) bond motifs is 1. The Hall–Kier alpha value is -12.2. The molecule has 0 unspecified atom stereocenters. The van der Waals surface area contributed by atoms with E-state index in [1.807, 2.05) is 6.07 Å². The smallest absolute Gasteiger partial charge is 0.303 e. The van der Waals surface area contributed by atoms with E-state index in [9.17, 15) is 72.5 Å². The molecule has 26 N–H and O–H groups in total. The van der Waals surface area contributed by atoms with Gasteiger partial charge in [0.1, 0.15) is 78.3 Å². The average Bonchev–Trinajstić information content (AvgIpc) is 0.814. The Morgan fingerprint density at radius 1 is 0.590 bits per heavy atom. The zero-order valence-corrected chi connectivity index (χ0v) is 66.3. The number of carboxylic acids is 1. The van der Waals surface area contributed by atoms with E-state index < -0.39 is 243 Å². The van der Waals surface area contributed by atoms with Gasteiger partial charge in [-0.1, -0.05) is 60.7 Å². The lowest BCUT2D eigenvalue weighted by molar-refractivity contribution is -0.140.